The van der Waals surface area contributed by atoms with Gasteiger partial charge in [-0.15, -0.1) is 0 Å². The minimum atomic E-state index is -3.09. The van der Waals surface area contributed by atoms with Gasteiger partial charge in [-0.2, -0.15) is 4.31 Å². The molecule has 1 heterocycles. The van der Waals surface area contributed by atoms with Crippen LogP contribution in [0.5, 0.6) is 0 Å². The van der Waals surface area contributed by atoms with Crippen molar-refractivity contribution in [2.24, 2.45) is 5.73 Å². The molecule has 0 spiro atoms. The van der Waals surface area contributed by atoms with Gasteiger partial charge in [0.05, 0.1) is 6.26 Å². The van der Waals surface area contributed by atoms with Gasteiger partial charge < -0.3 is 10.6 Å². The maximum atomic E-state index is 11.5. The monoisotopic (exact) mass is 317 g/mol. The van der Waals surface area contributed by atoms with Gasteiger partial charge in [0.2, 0.25) is 10.0 Å². The molecule has 0 saturated carbocycles. The first-order valence-corrected chi connectivity index (χ1v) is 8.83. The van der Waals surface area contributed by atoms with Crippen molar-refractivity contribution in [2.45, 2.75) is 6.42 Å². The third-order valence-electron chi connectivity index (χ3n) is 3.50. The Labute approximate surface area is 125 Å². The Bertz CT molecular complexity index is 569. The molecule has 2 rings (SSSR count). The maximum absolute atomic E-state index is 11.5. The maximum Gasteiger partial charge on any atom is 0.211 e. The largest absolute Gasteiger partial charge is 0.369 e. The third-order valence-corrected chi connectivity index (χ3v) is 5.04. The van der Waals surface area contributed by atoms with E-state index >= 15 is 0 Å². The van der Waals surface area contributed by atoms with Gasteiger partial charge in [0.15, 0.2) is 0 Å². The lowest BCUT2D eigenvalue weighted by Crippen LogP contribution is -2.48. The number of sulfonamides is 1. The molecule has 0 atom stereocenters. The van der Waals surface area contributed by atoms with Crippen LogP contribution in [0.4, 0.5) is 5.69 Å². The lowest BCUT2D eigenvalue weighted by molar-refractivity contribution is 0.388. The van der Waals surface area contributed by atoms with E-state index in [1.165, 1.54) is 10.6 Å². The van der Waals surface area contributed by atoms with Gasteiger partial charge in [0, 0.05) is 36.9 Å². The van der Waals surface area contributed by atoms with E-state index in [9.17, 15) is 8.42 Å². The van der Waals surface area contributed by atoms with Gasteiger partial charge >= 0.3 is 0 Å². The van der Waals surface area contributed by atoms with Gasteiger partial charge in [0.25, 0.3) is 0 Å². The number of benzene rings is 1. The van der Waals surface area contributed by atoms with Crippen LogP contribution in [0.3, 0.4) is 0 Å². The van der Waals surface area contributed by atoms with Crippen molar-refractivity contribution in [3.63, 3.8) is 0 Å². The molecule has 1 saturated heterocycles. The van der Waals surface area contributed by atoms with Crippen LogP contribution in [-0.2, 0) is 16.4 Å². The molecule has 1 aromatic carbocycles. The standard InChI is InChI=1S/C13H20ClN3O2S/c1-20(18,19)17-8-6-16(7-9-17)13-3-2-12(14)10-11(13)4-5-15/h2-3,10H,4-9,15H2,1H3. The van der Waals surface area contributed by atoms with Gasteiger partial charge in [-0.1, -0.05) is 11.6 Å². The number of halogens is 1. The molecule has 7 heteroatoms. The lowest BCUT2D eigenvalue weighted by Gasteiger charge is -2.35. The van der Waals surface area contributed by atoms with Crippen LogP contribution in [0.15, 0.2) is 18.2 Å². The molecular formula is C13H20ClN3O2S. The number of nitrogens with two attached hydrogens (primary N) is 1. The SMILES string of the molecule is CS(=O)(=O)N1CCN(c2ccc(Cl)cc2CCN)CC1. The molecule has 1 aromatic rings. The Morgan fingerprint density at radius 3 is 2.45 bits per heavy atom. The zero-order valence-corrected chi connectivity index (χ0v) is 13.1. The second-order valence-electron chi connectivity index (χ2n) is 4.96. The zero-order chi connectivity index (χ0) is 14.8. The van der Waals surface area contributed by atoms with Crippen LogP contribution in [0.25, 0.3) is 0 Å². The van der Waals surface area contributed by atoms with Crippen molar-refractivity contribution in [3.05, 3.63) is 28.8 Å². The molecule has 0 aromatic heterocycles. The van der Waals surface area contributed by atoms with Crippen LogP contribution in [0.2, 0.25) is 5.02 Å². The predicted octanol–water partition coefficient (Wildman–Crippen LogP) is 0.923. The van der Waals surface area contributed by atoms with Crippen LogP contribution < -0.4 is 10.6 Å². The summed E-state index contributed by atoms with van der Waals surface area (Å²) in [7, 11) is -3.09. The van der Waals surface area contributed by atoms with Crippen molar-refractivity contribution in [1.82, 2.24) is 4.31 Å². The molecule has 0 bridgehead atoms. The summed E-state index contributed by atoms with van der Waals surface area (Å²) in [6.07, 6.45) is 2.02. The first-order chi connectivity index (χ1) is 9.41. The Morgan fingerprint density at radius 1 is 1.25 bits per heavy atom. The molecule has 1 aliphatic rings. The summed E-state index contributed by atoms with van der Waals surface area (Å²) < 4.78 is 24.5. The van der Waals surface area contributed by atoms with E-state index < -0.39 is 10.0 Å². The van der Waals surface area contributed by atoms with Crippen LogP contribution in [0, 0.1) is 0 Å². The summed E-state index contributed by atoms with van der Waals surface area (Å²) in [6, 6.07) is 5.79. The Morgan fingerprint density at radius 2 is 1.90 bits per heavy atom. The molecule has 20 heavy (non-hydrogen) atoms. The first kappa shape index (κ1) is 15.6. The third kappa shape index (κ3) is 3.63. The minimum Gasteiger partial charge on any atom is -0.369 e. The van der Waals surface area contributed by atoms with Gasteiger partial charge in [-0.3, -0.25) is 0 Å². The number of anilines is 1. The van der Waals surface area contributed by atoms with Gasteiger partial charge in [-0.05, 0) is 36.7 Å². The number of piperazine rings is 1. The van der Waals surface area contributed by atoms with E-state index in [1.807, 2.05) is 18.2 Å². The molecule has 0 radical (unpaired) electrons. The van der Waals surface area contributed by atoms with Crippen molar-refractivity contribution in [1.29, 1.82) is 0 Å². The Kier molecular flexibility index (Phi) is 4.90. The fraction of sp³-hybridized carbons (Fsp3) is 0.538. The molecule has 112 valence electrons. The average Bonchev–Trinajstić information content (AvgIpc) is 2.38. The van der Waals surface area contributed by atoms with E-state index in [1.54, 1.807) is 0 Å². The minimum absolute atomic E-state index is 0.517. The van der Waals surface area contributed by atoms with E-state index in [0.717, 1.165) is 17.7 Å². The van der Waals surface area contributed by atoms with Crippen molar-refractivity contribution in [2.75, 3.05) is 43.9 Å². The number of nitrogens with zero attached hydrogens (tertiary/aromatic N) is 2. The normalized spacial score (nSPS) is 17.4. The molecule has 1 aliphatic heterocycles. The van der Waals surface area contributed by atoms with Crippen LogP contribution in [0.1, 0.15) is 5.56 Å². The highest BCUT2D eigenvalue weighted by atomic mass is 35.5. The van der Waals surface area contributed by atoms with Gasteiger partial charge in [0.1, 0.15) is 0 Å². The molecule has 0 aliphatic carbocycles. The lowest BCUT2D eigenvalue weighted by atomic mass is 10.1. The molecule has 5 nitrogen and oxygen atoms in total. The quantitative estimate of drug-likeness (QED) is 0.897. The smallest absolute Gasteiger partial charge is 0.211 e. The highest BCUT2D eigenvalue weighted by Gasteiger charge is 2.24. The Hall–Kier alpha value is -0.820. The Balaban J connectivity index is 2.14. The van der Waals surface area contributed by atoms with Crippen LogP contribution in [-0.4, -0.2) is 51.7 Å². The summed E-state index contributed by atoms with van der Waals surface area (Å²) in [5.74, 6) is 0. The predicted molar refractivity (Wildman–Crippen MR) is 82.8 cm³/mol. The van der Waals surface area contributed by atoms with Crippen molar-refractivity contribution in [3.8, 4) is 0 Å². The first-order valence-electron chi connectivity index (χ1n) is 6.60. The fourth-order valence-electron chi connectivity index (χ4n) is 2.48. The molecular weight excluding hydrogens is 298 g/mol. The summed E-state index contributed by atoms with van der Waals surface area (Å²) in [6.45, 7) is 2.97. The van der Waals surface area contributed by atoms with Crippen molar-refractivity contribution < 1.29 is 8.42 Å². The topological polar surface area (TPSA) is 66.6 Å². The number of rotatable bonds is 4. The second-order valence-corrected chi connectivity index (χ2v) is 7.38. The molecule has 1 fully saturated rings. The molecule has 0 amide bonds. The summed E-state index contributed by atoms with van der Waals surface area (Å²) >= 11 is 6.03. The second kappa shape index (κ2) is 6.30. The highest BCUT2D eigenvalue weighted by molar-refractivity contribution is 7.88. The fourth-order valence-corrected chi connectivity index (χ4v) is 3.50. The zero-order valence-electron chi connectivity index (χ0n) is 11.5. The van der Waals surface area contributed by atoms with E-state index in [2.05, 4.69) is 4.90 Å². The van der Waals surface area contributed by atoms with Crippen LogP contribution >= 0.6 is 11.6 Å². The summed E-state index contributed by atoms with van der Waals surface area (Å²) in [4.78, 5) is 2.20. The number of hydrogen-bond donors (Lipinski definition) is 1. The highest BCUT2D eigenvalue weighted by Crippen LogP contribution is 2.26. The molecule has 2 N–H and O–H groups in total. The van der Waals surface area contributed by atoms with E-state index in [0.29, 0.717) is 37.7 Å². The molecule has 0 unspecified atom stereocenters. The van der Waals surface area contributed by atoms with Gasteiger partial charge in [-0.25, -0.2) is 8.42 Å². The van der Waals surface area contributed by atoms with E-state index in [4.69, 9.17) is 17.3 Å². The van der Waals surface area contributed by atoms with E-state index in [-0.39, 0.29) is 0 Å². The average molecular weight is 318 g/mol. The summed E-state index contributed by atoms with van der Waals surface area (Å²) in [5.41, 5.74) is 7.86. The van der Waals surface area contributed by atoms with Crippen molar-refractivity contribution >= 4 is 27.3 Å². The summed E-state index contributed by atoms with van der Waals surface area (Å²) in [5, 5.41) is 0.701. The number of hydrogen-bond acceptors (Lipinski definition) is 4.